The first-order valence-corrected chi connectivity index (χ1v) is 9.62. The summed E-state index contributed by atoms with van der Waals surface area (Å²) in [5, 5.41) is 9.58. The molecule has 130 valence electrons. The fourth-order valence-electron chi connectivity index (χ4n) is 2.65. The molecule has 0 amide bonds. The van der Waals surface area contributed by atoms with Gasteiger partial charge < -0.3 is 8.83 Å². The summed E-state index contributed by atoms with van der Waals surface area (Å²) in [7, 11) is 0. The van der Waals surface area contributed by atoms with Crippen LogP contribution in [0.4, 0.5) is 0 Å². The van der Waals surface area contributed by atoms with Crippen molar-refractivity contribution in [3.05, 3.63) is 74.6 Å². The smallest absolute Gasteiger partial charge is 0.336 e. The van der Waals surface area contributed by atoms with E-state index in [2.05, 4.69) is 26.1 Å². The molecule has 26 heavy (non-hydrogen) atoms. The summed E-state index contributed by atoms with van der Waals surface area (Å²) in [5.41, 5.74) is 3.03. The molecule has 0 unspecified atom stereocenters. The Morgan fingerprint density at radius 2 is 1.92 bits per heavy atom. The van der Waals surface area contributed by atoms with E-state index in [9.17, 15) is 4.79 Å². The quantitative estimate of drug-likeness (QED) is 0.328. The van der Waals surface area contributed by atoms with Crippen LogP contribution in [0.3, 0.4) is 0 Å². The van der Waals surface area contributed by atoms with Crippen molar-refractivity contribution in [2.75, 3.05) is 0 Å². The van der Waals surface area contributed by atoms with Crippen LogP contribution >= 0.6 is 27.7 Å². The average molecular weight is 429 g/mol. The molecule has 0 aliphatic heterocycles. The maximum Gasteiger partial charge on any atom is 0.336 e. The van der Waals surface area contributed by atoms with Crippen molar-refractivity contribution < 1.29 is 8.83 Å². The van der Waals surface area contributed by atoms with E-state index < -0.39 is 0 Å². The zero-order valence-corrected chi connectivity index (χ0v) is 16.1. The van der Waals surface area contributed by atoms with Gasteiger partial charge >= 0.3 is 5.63 Å². The minimum atomic E-state index is -0.377. The standard InChI is InChI=1S/C19H13BrN2O3S/c1-11-4-2-3-5-14(11)18-21-22-19(25-18)26-10-12-8-17(23)24-16-9-13(20)6-7-15(12)16/h2-9H,10H2,1H3. The second-order valence-electron chi connectivity index (χ2n) is 5.71. The number of aromatic nitrogens is 2. The van der Waals surface area contributed by atoms with E-state index in [4.69, 9.17) is 8.83 Å². The minimum Gasteiger partial charge on any atom is -0.423 e. The van der Waals surface area contributed by atoms with E-state index in [-0.39, 0.29) is 5.63 Å². The van der Waals surface area contributed by atoms with Crippen LogP contribution in [0.5, 0.6) is 0 Å². The van der Waals surface area contributed by atoms with E-state index >= 15 is 0 Å². The van der Waals surface area contributed by atoms with Gasteiger partial charge in [-0.2, -0.15) is 0 Å². The number of halogens is 1. The van der Waals surface area contributed by atoms with Crippen LogP contribution in [0.2, 0.25) is 0 Å². The summed E-state index contributed by atoms with van der Waals surface area (Å²) >= 11 is 4.78. The molecule has 0 radical (unpaired) electrons. The fourth-order valence-corrected chi connectivity index (χ4v) is 3.75. The van der Waals surface area contributed by atoms with Crippen molar-refractivity contribution in [3.8, 4) is 11.5 Å². The van der Waals surface area contributed by atoms with E-state index in [0.717, 1.165) is 26.5 Å². The lowest BCUT2D eigenvalue weighted by molar-refractivity contribution is 0.465. The zero-order chi connectivity index (χ0) is 18.1. The number of thioether (sulfide) groups is 1. The van der Waals surface area contributed by atoms with Crippen LogP contribution in [-0.2, 0) is 5.75 Å². The van der Waals surface area contributed by atoms with E-state index in [1.165, 1.54) is 17.8 Å². The van der Waals surface area contributed by atoms with Gasteiger partial charge in [0, 0.05) is 27.2 Å². The summed E-state index contributed by atoms with van der Waals surface area (Å²) in [4.78, 5) is 11.8. The molecule has 0 spiro atoms. The molecule has 0 aliphatic rings. The third-order valence-electron chi connectivity index (χ3n) is 3.93. The molecule has 0 bridgehead atoms. The molecule has 0 saturated heterocycles. The Bertz CT molecular complexity index is 1150. The van der Waals surface area contributed by atoms with Gasteiger partial charge in [-0.15, -0.1) is 10.2 Å². The minimum absolute atomic E-state index is 0.377. The lowest BCUT2D eigenvalue weighted by Crippen LogP contribution is -1.99. The Labute approximate surface area is 161 Å². The van der Waals surface area contributed by atoms with Crippen molar-refractivity contribution in [2.24, 2.45) is 0 Å². The number of nitrogens with zero attached hydrogens (tertiary/aromatic N) is 2. The molecule has 2 aromatic heterocycles. The second kappa shape index (κ2) is 7.09. The van der Waals surface area contributed by atoms with Gasteiger partial charge in [-0.25, -0.2) is 4.79 Å². The van der Waals surface area contributed by atoms with Crippen LogP contribution in [0, 0.1) is 6.92 Å². The van der Waals surface area contributed by atoms with Crippen LogP contribution < -0.4 is 5.63 Å². The van der Waals surface area contributed by atoms with Crippen LogP contribution in [-0.4, -0.2) is 10.2 Å². The van der Waals surface area contributed by atoms with E-state index in [1.807, 2.05) is 43.3 Å². The summed E-state index contributed by atoms with van der Waals surface area (Å²) in [6.07, 6.45) is 0. The van der Waals surface area contributed by atoms with Gasteiger partial charge in [-0.1, -0.05) is 45.9 Å². The van der Waals surface area contributed by atoms with Crippen molar-refractivity contribution >= 4 is 38.7 Å². The van der Waals surface area contributed by atoms with Crippen molar-refractivity contribution in [1.82, 2.24) is 10.2 Å². The predicted octanol–water partition coefficient (Wildman–Crippen LogP) is 5.21. The van der Waals surface area contributed by atoms with Gasteiger partial charge in [0.15, 0.2) is 0 Å². The predicted molar refractivity (Wildman–Crippen MR) is 104 cm³/mol. The van der Waals surface area contributed by atoms with E-state index in [1.54, 1.807) is 6.07 Å². The molecule has 7 heteroatoms. The van der Waals surface area contributed by atoms with Gasteiger partial charge in [0.05, 0.1) is 0 Å². The first-order chi connectivity index (χ1) is 12.6. The van der Waals surface area contributed by atoms with Crippen molar-refractivity contribution in [2.45, 2.75) is 17.9 Å². The van der Waals surface area contributed by atoms with Crippen LogP contribution in [0.15, 0.2) is 71.9 Å². The molecule has 4 rings (SSSR count). The summed E-state index contributed by atoms with van der Waals surface area (Å²) in [6, 6.07) is 15.0. The zero-order valence-electron chi connectivity index (χ0n) is 13.7. The van der Waals surface area contributed by atoms with Crippen molar-refractivity contribution in [1.29, 1.82) is 0 Å². The van der Waals surface area contributed by atoms with Crippen LogP contribution in [0.1, 0.15) is 11.1 Å². The molecule has 0 saturated carbocycles. The number of hydrogen-bond acceptors (Lipinski definition) is 6. The topological polar surface area (TPSA) is 69.1 Å². The molecule has 4 aromatic rings. The molecule has 0 N–H and O–H groups in total. The molecule has 2 aromatic carbocycles. The lowest BCUT2D eigenvalue weighted by Gasteiger charge is -2.04. The SMILES string of the molecule is Cc1ccccc1-c1nnc(SCc2cc(=O)oc3cc(Br)ccc23)o1. The highest BCUT2D eigenvalue weighted by molar-refractivity contribution is 9.10. The first kappa shape index (κ1) is 17.1. The molecule has 0 aliphatic carbocycles. The third-order valence-corrected chi connectivity index (χ3v) is 5.29. The highest BCUT2D eigenvalue weighted by Crippen LogP contribution is 2.29. The second-order valence-corrected chi connectivity index (χ2v) is 7.55. The van der Waals surface area contributed by atoms with Crippen LogP contribution in [0.25, 0.3) is 22.4 Å². The Morgan fingerprint density at radius 3 is 2.77 bits per heavy atom. The number of benzene rings is 2. The molecular formula is C19H13BrN2O3S. The monoisotopic (exact) mass is 428 g/mol. The fraction of sp³-hybridized carbons (Fsp3) is 0.105. The number of aryl methyl sites for hydroxylation is 1. The summed E-state index contributed by atoms with van der Waals surface area (Å²) < 4.78 is 11.9. The largest absolute Gasteiger partial charge is 0.423 e. The van der Waals surface area contributed by atoms with Crippen molar-refractivity contribution in [3.63, 3.8) is 0 Å². The van der Waals surface area contributed by atoms with E-state index in [0.29, 0.717) is 22.4 Å². The number of hydrogen-bond donors (Lipinski definition) is 0. The highest BCUT2D eigenvalue weighted by atomic mass is 79.9. The Kier molecular flexibility index (Phi) is 4.65. The normalized spacial score (nSPS) is 11.2. The highest BCUT2D eigenvalue weighted by Gasteiger charge is 2.13. The van der Waals surface area contributed by atoms with Gasteiger partial charge in [0.25, 0.3) is 5.22 Å². The number of fused-ring (bicyclic) bond motifs is 1. The summed E-state index contributed by atoms with van der Waals surface area (Å²) in [6.45, 7) is 2.00. The summed E-state index contributed by atoms with van der Waals surface area (Å²) in [5.74, 6) is 1.02. The molecule has 5 nitrogen and oxygen atoms in total. The average Bonchev–Trinajstić information content (AvgIpc) is 3.08. The molecule has 0 atom stereocenters. The maximum atomic E-state index is 11.8. The van der Waals surface area contributed by atoms with Gasteiger partial charge in [-0.3, -0.25) is 0 Å². The van der Waals surface area contributed by atoms with Gasteiger partial charge in [0.2, 0.25) is 5.89 Å². The Hall–Kier alpha value is -2.38. The van der Waals surface area contributed by atoms with Gasteiger partial charge in [0.1, 0.15) is 5.58 Å². The Balaban J connectivity index is 1.60. The molecule has 2 heterocycles. The number of rotatable bonds is 4. The molecule has 0 fully saturated rings. The Morgan fingerprint density at radius 1 is 1.08 bits per heavy atom. The van der Waals surface area contributed by atoms with Gasteiger partial charge in [-0.05, 0) is 42.3 Å². The molecular weight excluding hydrogens is 416 g/mol. The first-order valence-electron chi connectivity index (χ1n) is 7.85. The lowest BCUT2D eigenvalue weighted by atomic mass is 10.1. The third kappa shape index (κ3) is 3.45. The maximum absolute atomic E-state index is 11.8.